The van der Waals surface area contributed by atoms with Crippen molar-refractivity contribution in [2.75, 3.05) is 39.7 Å². The van der Waals surface area contributed by atoms with E-state index in [0.717, 1.165) is 53.2 Å². The molecule has 3 aliphatic rings. The van der Waals surface area contributed by atoms with Gasteiger partial charge in [-0.05, 0) is 119 Å². The summed E-state index contributed by atoms with van der Waals surface area (Å²) in [5, 5.41) is 24.5. The fourth-order valence-electron chi connectivity index (χ4n) is 8.22. The van der Waals surface area contributed by atoms with Crippen molar-refractivity contribution in [3.05, 3.63) is 85.0 Å². The molecule has 11 heteroatoms. The van der Waals surface area contributed by atoms with Crippen LogP contribution in [0.2, 0.25) is 0 Å². The molecule has 2 aromatic carbocycles. The van der Waals surface area contributed by atoms with E-state index in [-0.39, 0.29) is 50.6 Å². The number of amides is 1. The Labute approximate surface area is 331 Å². The lowest BCUT2D eigenvalue weighted by atomic mass is 9.55. The standard InChI is InChI=1S/C44H60N2O8S/c1-8-10-26-50-42(49)46(6)39-29-37(45-54-43(3,4)5)35-27-30(15-11-13-23-47)34(16-12-14-24-48)40-36-28-32(52-31-17-20-33(55-7)21-18-31)19-22-38(36)53-44(39,41(35)40)51-25-9-2/h8-9,17-22,27-28,30,34,39-41,47-48H,1-2,10-16,23-26,29H2,3-7H3/t30-,34+,39-,40+,41+,44+/m0/s1. The van der Waals surface area contributed by atoms with Crippen molar-refractivity contribution in [3.63, 3.8) is 0 Å². The number of aliphatic hydroxyl groups is 2. The van der Waals surface area contributed by atoms with Gasteiger partial charge in [-0.1, -0.05) is 36.2 Å². The van der Waals surface area contributed by atoms with Gasteiger partial charge in [0.15, 0.2) is 0 Å². The van der Waals surface area contributed by atoms with Gasteiger partial charge in [0.25, 0.3) is 0 Å². The summed E-state index contributed by atoms with van der Waals surface area (Å²) in [5.74, 6) is 0.335. The Hall–Kier alpha value is -3.77. The highest BCUT2D eigenvalue weighted by Crippen LogP contribution is 2.62. The molecule has 6 atom stereocenters. The summed E-state index contributed by atoms with van der Waals surface area (Å²) in [4.78, 5) is 22.7. The van der Waals surface area contributed by atoms with Crippen molar-refractivity contribution >= 4 is 23.6 Å². The largest absolute Gasteiger partial charge is 0.459 e. The summed E-state index contributed by atoms with van der Waals surface area (Å²) in [7, 11) is 1.73. The lowest BCUT2D eigenvalue weighted by Crippen LogP contribution is -2.69. The van der Waals surface area contributed by atoms with Crippen LogP contribution in [0.15, 0.2) is 89.5 Å². The SMILES string of the molecule is C=CCCOC(=O)N(C)[C@H]1CC(=NOC(C)(C)C)C2=C[C@H](CCCCO)[C@@H](CCCCO)[C@@H]3c4cc(Oc5ccc(SC)cc5)ccc4O[C@@]1(OCC=C)[C@H]23. The second kappa shape index (κ2) is 19.4. The first-order chi connectivity index (χ1) is 26.5. The molecule has 10 nitrogen and oxygen atoms in total. The van der Waals surface area contributed by atoms with Crippen molar-refractivity contribution in [2.24, 2.45) is 22.9 Å². The number of fused-ring (bicyclic) bond motifs is 2. The normalized spacial score (nSPS) is 24.8. The molecule has 2 aromatic rings. The van der Waals surface area contributed by atoms with Crippen LogP contribution < -0.4 is 9.47 Å². The number of oxime groups is 1. The molecule has 0 spiro atoms. The lowest BCUT2D eigenvalue weighted by molar-refractivity contribution is -0.253. The van der Waals surface area contributed by atoms with Gasteiger partial charge in [-0.25, -0.2) is 4.79 Å². The average Bonchev–Trinajstić information content (AvgIpc) is 3.17. The van der Waals surface area contributed by atoms with E-state index in [1.54, 1.807) is 35.9 Å². The number of aliphatic hydroxyl groups excluding tert-OH is 2. The molecule has 0 saturated heterocycles. The summed E-state index contributed by atoms with van der Waals surface area (Å²) in [6.07, 6.45) is 12.9. The van der Waals surface area contributed by atoms with Crippen molar-refractivity contribution in [3.8, 4) is 17.2 Å². The maximum atomic E-state index is 13.8. The van der Waals surface area contributed by atoms with Gasteiger partial charge in [0.1, 0.15) is 28.9 Å². The van der Waals surface area contributed by atoms with Crippen LogP contribution in [0, 0.1) is 17.8 Å². The van der Waals surface area contributed by atoms with E-state index in [2.05, 4.69) is 25.3 Å². The summed E-state index contributed by atoms with van der Waals surface area (Å²) >= 11 is 1.68. The van der Waals surface area contributed by atoms with Gasteiger partial charge in [-0.2, -0.15) is 0 Å². The van der Waals surface area contributed by atoms with E-state index in [0.29, 0.717) is 30.8 Å². The zero-order chi connectivity index (χ0) is 39.6. The fraction of sp³-hybridized carbons (Fsp3) is 0.545. The smallest absolute Gasteiger partial charge is 0.409 e. The predicted molar refractivity (Wildman–Crippen MR) is 218 cm³/mol. The van der Waals surface area contributed by atoms with Crippen molar-refractivity contribution in [1.82, 2.24) is 4.90 Å². The first-order valence-electron chi connectivity index (χ1n) is 19.6. The monoisotopic (exact) mass is 776 g/mol. The number of carbonyl (C=O) groups excluding carboxylic acids is 1. The number of ether oxygens (including phenoxy) is 4. The second-order valence-corrected chi connectivity index (χ2v) is 16.4. The summed E-state index contributed by atoms with van der Waals surface area (Å²) in [6.45, 7) is 14.2. The minimum Gasteiger partial charge on any atom is -0.459 e. The van der Waals surface area contributed by atoms with Gasteiger partial charge in [-0.15, -0.1) is 24.9 Å². The average molecular weight is 777 g/mol. The van der Waals surface area contributed by atoms with Crippen LogP contribution in [0.1, 0.15) is 83.6 Å². The number of nitrogens with zero attached hydrogens (tertiary/aromatic N) is 2. The summed E-state index contributed by atoms with van der Waals surface area (Å²) < 4.78 is 26.3. The van der Waals surface area contributed by atoms with Crippen LogP contribution in [0.3, 0.4) is 0 Å². The number of unbranched alkanes of at least 4 members (excludes halogenated alkanes) is 2. The third-order valence-electron chi connectivity index (χ3n) is 10.7. The number of allylic oxidation sites excluding steroid dienone is 1. The third kappa shape index (κ3) is 9.97. The first-order valence-corrected chi connectivity index (χ1v) is 20.8. The van der Waals surface area contributed by atoms with Gasteiger partial charge < -0.3 is 38.9 Å². The molecule has 55 heavy (non-hydrogen) atoms. The fourth-order valence-corrected chi connectivity index (χ4v) is 8.63. The molecule has 1 fully saturated rings. The Morgan fingerprint density at radius 2 is 1.75 bits per heavy atom. The maximum Gasteiger partial charge on any atom is 0.409 e. The molecule has 0 radical (unpaired) electrons. The molecular weight excluding hydrogens is 717 g/mol. The van der Waals surface area contributed by atoms with Crippen LogP contribution in [0.4, 0.5) is 4.79 Å². The number of likely N-dealkylation sites (N-methyl/N-ethyl adjacent to an activating group) is 1. The van der Waals surface area contributed by atoms with Gasteiger partial charge in [-0.3, -0.25) is 0 Å². The Kier molecular flexibility index (Phi) is 14.9. The number of hydrogen-bond acceptors (Lipinski definition) is 10. The van der Waals surface area contributed by atoms with Gasteiger partial charge in [0.2, 0.25) is 5.79 Å². The molecule has 0 unspecified atom stereocenters. The van der Waals surface area contributed by atoms with E-state index in [1.165, 1.54) is 0 Å². The molecule has 0 bridgehead atoms. The number of hydrogen-bond donors (Lipinski definition) is 2. The maximum absolute atomic E-state index is 13.8. The zero-order valence-electron chi connectivity index (χ0n) is 33.2. The highest BCUT2D eigenvalue weighted by molar-refractivity contribution is 7.98. The van der Waals surface area contributed by atoms with Crippen LogP contribution >= 0.6 is 11.8 Å². The third-order valence-corrected chi connectivity index (χ3v) is 11.4. The minimum absolute atomic E-state index is 0.0952. The van der Waals surface area contributed by atoms with Crippen LogP contribution in [-0.2, 0) is 14.3 Å². The van der Waals surface area contributed by atoms with Crippen LogP contribution in [0.5, 0.6) is 17.2 Å². The number of thioether (sulfide) groups is 1. The van der Waals surface area contributed by atoms with E-state index in [1.807, 2.05) is 63.4 Å². The van der Waals surface area contributed by atoms with Crippen LogP contribution in [-0.4, -0.2) is 84.1 Å². The molecule has 300 valence electrons. The molecule has 1 saturated carbocycles. The molecule has 1 heterocycles. The highest BCUT2D eigenvalue weighted by Gasteiger charge is 2.65. The van der Waals surface area contributed by atoms with Gasteiger partial charge in [0.05, 0.1) is 24.8 Å². The Morgan fingerprint density at radius 1 is 1.04 bits per heavy atom. The van der Waals surface area contributed by atoms with Crippen LogP contribution in [0.25, 0.3) is 0 Å². The van der Waals surface area contributed by atoms with Crippen molar-refractivity contribution in [1.29, 1.82) is 0 Å². The number of carbonyl (C=O) groups is 1. The molecule has 5 rings (SSSR count). The Morgan fingerprint density at radius 3 is 2.40 bits per heavy atom. The molecule has 2 aliphatic carbocycles. The quantitative estimate of drug-likeness (QED) is 0.0623. The van der Waals surface area contributed by atoms with Gasteiger partial charge in [0, 0.05) is 43.1 Å². The minimum atomic E-state index is -1.36. The highest BCUT2D eigenvalue weighted by atomic mass is 32.2. The zero-order valence-corrected chi connectivity index (χ0v) is 34.0. The van der Waals surface area contributed by atoms with Crippen molar-refractivity contribution < 1.29 is 38.8 Å². The topological polar surface area (TPSA) is 119 Å². The number of rotatable bonds is 19. The van der Waals surface area contributed by atoms with E-state index in [4.69, 9.17) is 28.9 Å². The van der Waals surface area contributed by atoms with E-state index in [9.17, 15) is 15.0 Å². The first kappa shape index (κ1) is 42.4. The Balaban J connectivity index is 1.74. The Bertz CT molecular complexity index is 1670. The molecule has 0 aromatic heterocycles. The summed E-state index contributed by atoms with van der Waals surface area (Å²) in [6, 6.07) is 13.3. The molecular formula is C44H60N2O8S. The summed E-state index contributed by atoms with van der Waals surface area (Å²) in [5.41, 5.74) is 2.12. The molecule has 1 amide bonds. The van der Waals surface area contributed by atoms with Gasteiger partial charge >= 0.3 is 6.09 Å². The molecule has 1 aliphatic heterocycles. The lowest BCUT2D eigenvalue weighted by Gasteiger charge is -2.59. The second-order valence-electron chi connectivity index (χ2n) is 15.6. The molecule has 2 N–H and O–H groups in total. The van der Waals surface area contributed by atoms with E-state index >= 15 is 0 Å². The van der Waals surface area contributed by atoms with E-state index < -0.39 is 29.4 Å². The van der Waals surface area contributed by atoms with Crippen molar-refractivity contribution in [2.45, 2.75) is 100 Å². The predicted octanol–water partition coefficient (Wildman–Crippen LogP) is 9.28. The number of benzene rings is 2.